The summed E-state index contributed by atoms with van der Waals surface area (Å²) in [6.45, 7) is 1.01. The van der Waals surface area contributed by atoms with Crippen LogP contribution in [-0.2, 0) is 9.59 Å². The number of nitrogens with two attached hydrogens (primary N) is 2. The second-order valence-electron chi connectivity index (χ2n) is 3.88. The summed E-state index contributed by atoms with van der Waals surface area (Å²) in [6.07, 6.45) is 3.06. The smallest absolute Gasteiger partial charge is 0.248 e. The Morgan fingerprint density at radius 1 is 1.11 bits per heavy atom. The van der Waals surface area contributed by atoms with Crippen LogP contribution < -0.4 is 22.1 Å². The molecule has 0 fully saturated rings. The molecule has 1 rings (SSSR count). The third kappa shape index (κ3) is 6.23. The number of rotatable bonds is 6. The van der Waals surface area contributed by atoms with Crippen molar-refractivity contribution in [3.05, 3.63) is 36.4 Å². The van der Waals surface area contributed by atoms with Gasteiger partial charge in [-0.2, -0.15) is 0 Å². The van der Waals surface area contributed by atoms with E-state index in [1.807, 2.05) is 0 Å². The van der Waals surface area contributed by atoms with Gasteiger partial charge in [0.1, 0.15) is 0 Å². The zero-order valence-electron chi connectivity index (χ0n) is 10.6. The molecule has 0 spiro atoms. The van der Waals surface area contributed by atoms with Gasteiger partial charge < -0.3 is 22.1 Å². The third-order valence-electron chi connectivity index (χ3n) is 2.24. The van der Waals surface area contributed by atoms with Gasteiger partial charge in [0, 0.05) is 30.1 Å². The maximum Gasteiger partial charge on any atom is 0.248 e. The minimum absolute atomic E-state index is 0.319. The van der Waals surface area contributed by atoms with Gasteiger partial charge in [0.25, 0.3) is 0 Å². The van der Waals surface area contributed by atoms with Gasteiger partial charge in [-0.1, -0.05) is 0 Å². The van der Waals surface area contributed by atoms with Crippen molar-refractivity contribution in [1.29, 1.82) is 0 Å². The molecule has 1 aromatic rings. The van der Waals surface area contributed by atoms with Crippen molar-refractivity contribution in [3.8, 4) is 0 Å². The number of nitrogen functional groups attached to an aromatic ring is 1. The van der Waals surface area contributed by atoms with Gasteiger partial charge in [0.05, 0.1) is 0 Å². The Bertz CT molecular complexity index is 454. The molecule has 0 saturated heterocycles. The third-order valence-corrected chi connectivity index (χ3v) is 2.24. The van der Waals surface area contributed by atoms with Gasteiger partial charge >= 0.3 is 0 Å². The van der Waals surface area contributed by atoms with Crippen molar-refractivity contribution in [3.63, 3.8) is 0 Å². The fraction of sp³-hybridized carbons (Fsp3) is 0.231. The summed E-state index contributed by atoms with van der Waals surface area (Å²) < 4.78 is 0. The molecule has 19 heavy (non-hydrogen) atoms. The molecular weight excluding hydrogens is 244 g/mol. The van der Waals surface area contributed by atoms with Crippen molar-refractivity contribution in [2.45, 2.75) is 6.42 Å². The molecular formula is C13H18N4O2. The average molecular weight is 262 g/mol. The number of hydrogen-bond acceptors (Lipinski definition) is 4. The molecule has 102 valence electrons. The summed E-state index contributed by atoms with van der Waals surface area (Å²) in [4.78, 5) is 22.8. The first-order valence-electron chi connectivity index (χ1n) is 5.94. The molecule has 0 aliphatic rings. The molecule has 6 nitrogen and oxygen atoms in total. The zero-order chi connectivity index (χ0) is 14.1. The number of carbonyl (C=O) groups is 2. The standard InChI is InChI=1S/C13H18N4O2/c14-8-1-9-16-12(18)6-7-13(19)17-11-4-2-10(15)3-5-11/h2-7H,1,8-9,14-15H2,(H,16,18)(H,17,19)/b7-6-. The summed E-state index contributed by atoms with van der Waals surface area (Å²) >= 11 is 0. The predicted octanol–water partition coefficient (Wildman–Crippen LogP) is 0.228. The largest absolute Gasteiger partial charge is 0.399 e. The molecule has 0 bridgehead atoms. The van der Waals surface area contributed by atoms with Gasteiger partial charge in [-0.3, -0.25) is 9.59 Å². The van der Waals surface area contributed by atoms with Gasteiger partial charge in [-0.15, -0.1) is 0 Å². The Hall–Kier alpha value is -2.34. The molecule has 0 unspecified atom stereocenters. The molecule has 6 heteroatoms. The molecule has 2 amide bonds. The van der Waals surface area contributed by atoms with Gasteiger partial charge in [-0.05, 0) is 37.2 Å². The van der Waals surface area contributed by atoms with Crippen LogP contribution in [0.2, 0.25) is 0 Å². The monoisotopic (exact) mass is 262 g/mol. The van der Waals surface area contributed by atoms with Crippen molar-refractivity contribution in [1.82, 2.24) is 5.32 Å². The Kier molecular flexibility index (Phi) is 6.11. The topological polar surface area (TPSA) is 110 Å². The second-order valence-corrected chi connectivity index (χ2v) is 3.88. The van der Waals surface area contributed by atoms with Crippen molar-refractivity contribution in [2.75, 3.05) is 24.1 Å². The first kappa shape index (κ1) is 14.7. The zero-order valence-corrected chi connectivity index (χ0v) is 10.6. The fourth-order valence-electron chi connectivity index (χ4n) is 1.27. The molecule has 0 heterocycles. The molecule has 1 aromatic carbocycles. The molecule has 0 aliphatic heterocycles. The summed E-state index contributed by atoms with van der Waals surface area (Å²) in [7, 11) is 0. The lowest BCUT2D eigenvalue weighted by molar-refractivity contribution is -0.117. The highest BCUT2D eigenvalue weighted by atomic mass is 16.2. The van der Waals surface area contributed by atoms with E-state index in [1.165, 1.54) is 12.2 Å². The second kappa shape index (κ2) is 7.88. The van der Waals surface area contributed by atoms with Crippen LogP contribution >= 0.6 is 0 Å². The van der Waals surface area contributed by atoms with Crippen molar-refractivity contribution >= 4 is 23.2 Å². The number of hydrogen-bond donors (Lipinski definition) is 4. The van der Waals surface area contributed by atoms with Crippen LogP contribution in [-0.4, -0.2) is 24.9 Å². The van der Waals surface area contributed by atoms with E-state index in [4.69, 9.17) is 11.5 Å². The molecule has 0 saturated carbocycles. The molecule has 0 aliphatic carbocycles. The highest BCUT2D eigenvalue weighted by Gasteiger charge is 1.99. The number of carbonyl (C=O) groups excluding carboxylic acids is 2. The van der Waals surface area contributed by atoms with Crippen LogP contribution in [0.15, 0.2) is 36.4 Å². The average Bonchev–Trinajstić information content (AvgIpc) is 2.39. The van der Waals surface area contributed by atoms with Crippen LogP contribution in [0, 0.1) is 0 Å². The first-order chi connectivity index (χ1) is 9.11. The lowest BCUT2D eigenvalue weighted by Crippen LogP contribution is -2.24. The van der Waals surface area contributed by atoms with Crippen LogP contribution in [0.5, 0.6) is 0 Å². The highest BCUT2D eigenvalue weighted by Crippen LogP contribution is 2.10. The number of anilines is 2. The van der Waals surface area contributed by atoms with Gasteiger partial charge in [-0.25, -0.2) is 0 Å². The van der Waals surface area contributed by atoms with Crippen LogP contribution in [0.1, 0.15) is 6.42 Å². The highest BCUT2D eigenvalue weighted by molar-refractivity contribution is 6.03. The van der Waals surface area contributed by atoms with Crippen molar-refractivity contribution < 1.29 is 9.59 Å². The van der Waals surface area contributed by atoms with E-state index in [1.54, 1.807) is 24.3 Å². The quantitative estimate of drug-likeness (QED) is 0.334. The Balaban J connectivity index is 2.38. The SMILES string of the molecule is NCCCNC(=O)/C=C\C(=O)Nc1ccc(N)cc1. The molecule has 6 N–H and O–H groups in total. The van der Waals surface area contributed by atoms with E-state index in [0.29, 0.717) is 30.9 Å². The lowest BCUT2D eigenvalue weighted by Gasteiger charge is -2.02. The maximum atomic E-state index is 11.5. The van der Waals surface area contributed by atoms with Crippen LogP contribution in [0.25, 0.3) is 0 Å². The predicted molar refractivity (Wildman–Crippen MR) is 75.3 cm³/mol. The Morgan fingerprint density at radius 3 is 2.37 bits per heavy atom. The Labute approximate surface area is 111 Å². The van der Waals surface area contributed by atoms with E-state index in [9.17, 15) is 9.59 Å². The van der Waals surface area contributed by atoms with E-state index < -0.39 is 0 Å². The summed E-state index contributed by atoms with van der Waals surface area (Å²) in [5.74, 6) is -0.695. The normalized spacial score (nSPS) is 10.4. The minimum Gasteiger partial charge on any atom is -0.399 e. The lowest BCUT2D eigenvalue weighted by atomic mass is 10.3. The van der Waals surface area contributed by atoms with Crippen LogP contribution in [0.4, 0.5) is 11.4 Å². The van der Waals surface area contributed by atoms with E-state index in [-0.39, 0.29) is 11.8 Å². The molecule has 0 atom stereocenters. The number of amides is 2. The van der Waals surface area contributed by atoms with Crippen molar-refractivity contribution in [2.24, 2.45) is 5.73 Å². The Morgan fingerprint density at radius 2 is 1.74 bits per heavy atom. The van der Waals surface area contributed by atoms with Gasteiger partial charge in [0.15, 0.2) is 0 Å². The van der Waals surface area contributed by atoms with Gasteiger partial charge in [0.2, 0.25) is 11.8 Å². The minimum atomic E-state index is -0.376. The summed E-state index contributed by atoms with van der Waals surface area (Å²) in [5.41, 5.74) is 12.1. The number of nitrogens with one attached hydrogen (secondary N) is 2. The fourth-order valence-corrected chi connectivity index (χ4v) is 1.27. The van der Waals surface area contributed by atoms with E-state index in [0.717, 1.165) is 0 Å². The van der Waals surface area contributed by atoms with E-state index in [2.05, 4.69) is 10.6 Å². The number of benzene rings is 1. The van der Waals surface area contributed by atoms with E-state index >= 15 is 0 Å². The summed E-state index contributed by atoms with van der Waals surface area (Å²) in [5, 5.41) is 5.22. The maximum absolute atomic E-state index is 11.5. The first-order valence-corrected chi connectivity index (χ1v) is 5.94. The van der Waals surface area contributed by atoms with Crippen LogP contribution in [0.3, 0.4) is 0 Å². The molecule has 0 radical (unpaired) electrons. The summed E-state index contributed by atoms with van der Waals surface area (Å²) in [6, 6.07) is 6.72. The molecule has 0 aromatic heterocycles.